The van der Waals surface area contributed by atoms with Crippen LogP contribution in [0.2, 0.25) is 0 Å². The minimum atomic E-state index is -0.829. The highest BCUT2D eigenvalue weighted by atomic mass is 79.9. The first-order chi connectivity index (χ1) is 7.46. The molecule has 0 saturated heterocycles. The van der Waals surface area contributed by atoms with E-state index in [0.29, 0.717) is 17.3 Å². The van der Waals surface area contributed by atoms with Crippen molar-refractivity contribution >= 4 is 15.9 Å². The van der Waals surface area contributed by atoms with Crippen LogP contribution in [0.25, 0.3) is 0 Å². The van der Waals surface area contributed by atoms with Crippen LogP contribution < -0.4 is 0 Å². The fraction of sp³-hybridized carbons (Fsp3) is 0.385. The van der Waals surface area contributed by atoms with Crippen LogP contribution in [0.3, 0.4) is 0 Å². The van der Waals surface area contributed by atoms with Crippen LogP contribution in [-0.2, 0) is 6.42 Å². The molecule has 0 aliphatic heterocycles. The molecule has 0 aliphatic carbocycles. The molecule has 0 saturated carbocycles. The Morgan fingerprint density at radius 2 is 2.25 bits per heavy atom. The van der Waals surface area contributed by atoms with Crippen molar-refractivity contribution in [2.24, 2.45) is 0 Å². The third kappa shape index (κ3) is 3.72. The van der Waals surface area contributed by atoms with Gasteiger partial charge in [-0.2, -0.15) is 0 Å². The largest absolute Gasteiger partial charge is 0.390 e. The molecule has 1 N–H and O–H groups in total. The smallest absolute Gasteiger partial charge is 0.137 e. The van der Waals surface area contributed by atoms with Gasteiger partial charge in [0.25, 0.3) is 0 Å². The summed E-state index contributed by atoms with van der Waals surface area (Å²) < 4.78 is 13.7. The highest BCUT2D eigenvalue weighted by Crippen LogP contribution is 2.26. The van der Waals surface area contributed by atoms with Crippen LogP contribution in [0.15, 0.2) is 35.3 Å². The third-order valence-corrected chi connectivity index (χ3v) is 3.38. The molecule has 16 heavy (non-hydrogen) atoms. The lowest BCUT2D eigenvalue weighted by molar-refractivity contribution is 0.0521. The molecule has 0 amide bonds. The van der Waals surface area contributed by atoms with E-state index in [2.05, 4.69) is 22.5 Å². The second kappa shape index (κ2) is 5.60. The summed E-state index contributed by atoms with van der Waals surface area (Å²) in [6.07, 6.45) is 3.58. The second-order valence-electron chi connectivity index (χ2n) is 4.21. The Bertz CT molecular complexity index is 374. The first-order valence-corrected chi connectivity index (χ1v) is 6.02. The molecule has 0 bridgehead atoms. The van der Waals surface area contributed by atoms with Gasteiger partial charge in [-0.05, 0) is 47.3 Å². The van der Waals surface area contributed by atoms with E-state index in [1.807, 2.05) is 6.07 Å². The lowest BCUT2D eigenvalue weighted by atomic mass is 9.92. The highest BCUT2D eigenvalue weighted by Gasteiger charge is 2.21. The van der Waals surface area contributed by atoms with Crippen molar-refractivity contribution < 1.29 is 9.50 Å². The van der Waals surface area contributed by atoms with Gasteiger partial charge in [-0.15, -0.1) is 6.58 Å². The van der Waals surface area contributed by atoms with Gasteiger partial charge in [-0.1, -0.05) is 18.2 Å². The molecular weight excluding hydrogens is 271 g/mol. The van der Waals surface area contributed by atoms with E-state index in [1.54, 1.807) is 19.1 Å². The second-order valence-corrected chi connectivity index (χ2v) is 5.01. The Morgan fingerprint density at radius 1 is 1.56 bits per heavy atom. The normalized spacial score (nSPS) is 14.5. The average molecular weight is 287 g/mol. The molecule has 0 aromatic heterocycles. The lowest BCUT2D eigenvalue weighted by Crippen LogP contribution is -2.27. The molecule has 0 fully saturated rings. The van der Waals surface area contributed by atoms with Crippen molar-refractivity contribution in [3.8, 4) is 0 Å². The van der Waals surface area contributed by atoms with Crippen molar-refractivity contribution in [3.05, 3.63) is 46.7 Å². The van der Waals surface area contributed by atoms with Crippen LogP contribution in [0.1, 0.15) is 25.3 Å². The van der Waals surface area contributed by atoms with Crippen molar-refractivity contribution in [1.82, 2.24) is 0 Å². The van der Waals surface area contributed by atoms with Crippen molar-refractivity contribution in [2.45, 2.75) is 31.8 Å². The SMILES string of the molecule is C=CCCC(C)(O)Cc1cccc(F)c1Br. The summed E-state index contributed by atoms with van der Waals surface area (Å²) >= 11 is 3.19. The van der Waals surface area contributed by atoms with Gasteiger partial charge >= 0.3 is 0 Å². The van der Waals surface area contributed by atoms with E-state index in [-0.39, 0.29) is 5.82 Å². The van der Waals surface area contributed by atoms with E-state index < -0.39 is 5.60 Å². The number of halogens is 2. The molecule has 88 valence electrons. The van der Waals surface area contributed by atoms with Gasteiger partial charge in [0.05, 0.1) is 10.1 Å². The van der Waals surface area contributed by atoms with Crippen LogP contribution in [0, 0.1) is 5.82 Å². The molecule has 1 aromatic carbocycles. The quantitative estimate of drug-likeness (QED) is 0.816. The molecule has 3 heteroatoms. The van der Waals surface area contributed by atoms with Crippen LogP contribution in [0.5, 0.6) is 0 Å². The number of aliphatic hydroxyl groups is 1. The maximum atomic E-state index is 13.3. The van der Waals surface area contributed by atoms with Crippen molar-refractivity contribution in [2.75, 3.05) is 0 Å². The summed E-state index contributed by atoms with van der Waals surface area (Å²) in [7, 11) is 0. The molecule has 1 unspecified atom stereocenters. The summed E-state index contributed by atoms with van der Waals surface area (Å²) in [5.74, 6) is -0.294. The summed E-state index contributed by atoms with van der Waals surface area (Å²) in [4.78, 5) is 0. The lowest BCUT2D eigenvalue weighted by Gasteiger charge is -2.23. The third-order valence-electron chi connectivity index (χ3n) is 2.49. The molecule has 0 radical (unpaired) electrons. The highest BCUT2D eigenvalue weighted by molar-refractivity contribution is 9.10. The summed E-state index contributed by atoms with van der Waals surface area (Å²) in [6.45, 7) is 5.38. The molecule has 0 spiro atoms. The monoisotopic (exact) mass is 286 g/mol. The molecule has 1 nitrogen and oxygen atoms in total. The summed E-state index contributed by atoms with van der Waals surface area (Å²) in [5, 5.41) is 10.1. The van der Waals surface area contributed by atoms with Crippen molar-refractivity contribution in [3.63, 3.8) is 0 Å². The zero-order chi connectivity index (χ0) is 12.2. The van der Waals surface area contributed by atoms with Gasteiger partial charge in [0.1, 0.15) is 5.82 Å². The van der Waals surface area contributed by atoms with Gasteiger partial charge in [0, 0.05) is 6.42 Å². The zero-order valence-corrected chi connectivity index (χ0v) is 10.9. The van der Waals surface area contributed by atoms with Gasteiger partial charge in [-0.25, -0.2) is 4.39 Å². The number of allylic oxidation sites excluding steroid dienone is 1. The summed E-state index contributed by atoms with van der Waals surface area (Å²) in [5.41, 5.74) is -0.0427. The predicted molar refractivity (Wildman–Crippen MR) is 67.9 cm³/mol. The maximum absolute atomic E-state index is 13.3. The molecule has 0 heterocycles. The molecule has 0 aliphatic rings. The summed E-state index contributed by atoms with van der Waals surface area (Å²) in [6, 6.07) is 4.86. The maximum Gasteiger partial charge on any atom is 0.137 e. The fourth-order valence-electron chi connectivity index (χ4n) is 1.60. The van der Waals surface area contributed by atoms with Gasteiger partial charge in [-0.3, -0.25) is 0 Å². The first-order valence-electron chi connectivity index (χ1n) is 5.22. The van der Waals surface area contributed by atoms with E-state index in [1.165, 1.54) is 6.07 Å². The van der Waals surface area contributed by atoms with E-state index >= 15 is 0 Å². The fourth-order valence-corrected chi connectivity index (χ4v) is 2.00. The number of hydrogen-bond acceptors (Lipinski definition) is 1. The topological polar surface area (TPSA) is 20.2 Å². The van der Waals surface area contributed by atoms with Gasteiger partial charge in [0.2, 0.25) is 0 Å². The number of rotatable bonds is 5. The van der Waals surface area contributed by atoms with Gasteiger partial charge in [0.15, 0.2) is 0 Å². The Balaban J connectivity index is 2.79. The Kier molecular flexibility index (Phi) is 4.69. The van der Waals surface area contributed by atoms with Crippen LogP contribution in [-0.4, -0.2) is 10.7 Å². The van der Waals surface area contributed by atoms with Crippen molar-refractivity contribution in [1.29, 1.82) is 0 Å². The van der Waals surface area contributed by atoms with Gasteiger partial charge < -0.3 is 5.11 Å². The molecule has 1 atom stereocenters. The minimum Gasteiger partial charge on any atom is -0.390 e. The zero-order valence-electron chi connectivity index (χ0n) is 9.34. The molecule has 1 rings (SSSR count). The minimum absolute atomic E-state index is 0.294. The van der Waals surface area contributed by atoms with Crippen LogP contribution in [0.4, 0.5) is 4.39 Å². The standard InChI is InChI=1S/C13H16BrFO/c1-3-4-8-13(2,16)9-10-6-5-7-11(15)12(10)14/h3,5-7,16H,1,4,8-9H2,2H3. The Hall–Kier alpha value is -0.670. The number of benzene rings is 1. The Morgan fingerprint density at radius 3 is 2.88 bits per heavy atom. The van der Waals surface area contributed by atoms with E-state index in [9.17, 15) is 9.50 Å². The Labute approximate surface area is 104 Å². The van der Waals surface area contributed by atoms with E-state index in [0.717, 1.165) is 12.0 Å². The number of hydrogen-bond donors (Lipinski definition) is 1. The average Bonchev–Trinajstić information content (AvgIpc) is 2.22. The first kappa shape index (κ1) is 13.4. The van der Waals surface area contributed by atoms with Crippen LogP contribution >= 0.6 is 15.9 Å². The molecule has 1 aromatic rings. The van der Waals surface area contributed by atoms with E-state index in [4.69, 9.17) is 0 Å². The predicted octanol–water partition coefficient (Wildman–Crippen LogP) is 3.85. The molecular formula is C13H16BrFO.